The molecule has 35 heavy (non-hydrogen) atoms. The number of hydrogen-bond acceptors (Lipinski definition) is 3. The highest BCUT2D eigenvalue weighted by Gasteiger charge is 2.29. The maximum absolute atomic E-state index is 14.2. The second-order valence-electron chi connectivity index (χ2n) is 10.5. The van der Waals surface area contributed by atoms with Gasteiger partial charge in [-0.1, -0.05) is 62.1 Å². The van der Waals surface area contributed by atoms with Gasteiger partial charge in [0.15, 0.2) is 0 Å². The number of furan rings is 1. The van der Waals surface area contributed by atoms with Crippen molar-refractivity contribution in [3.05, 3.63) is 77.8 Å². The minimum absolute atomic E-state index is 0.164. The third-order valence-corrected chi connectivity index (χ3v) is 8.16. The quantitative estimate of drug-likeness (QED) is 0.358. The van der Waals surface area contributed by atoms with Crippen molar-refractivity contribution in [3.8, 4) is 0 Å². The van der Waals surface area contributed by atoms with Crippen LogP contribution >= 0.6 is 0 Å². The molecule has 2 aromatic carbocycles. The first kappa shape index (κ1) is 24.3. The fourth-order valence-electron chi connectivity index (χ4n) is 6.19. The minimum Gasteiger partial charge on any atom is -0.464 e. The second kappa shape index (κ2) is 11.5. The maximum Gasteiger partial charge on any atom is 0.141 e. The molecule has 4 heteroatoms. The fourth-order valence-corrected chi connectivity index (χ4v) is 6.19. The molecule has 3 aromatic rings. The van der Waals surface area contributed by atoms with Crippen LogP contribution in [0.2, 0.25) is 0 Å². The van der Waals surface area contributed by atoms with Crippen LogP contribution in [0.5, 0.6) is 0 Å². The maximum atomic E-state index is 14.2. The highest BCUT2D eigenvalue weighted by molar-refractivity contribution is 5.90. The van der Waals surface area contributed by atoms with E-state index in [1.54, 1.807) is 12.3 Å². The van der Waals surface area contributed by atoms with Crippen LogP contribution in [0.1, 0.15) is 74.8 Å². The molecule has 5 rings (SSSR count). The summed E-state index contributed by atoms with van der Waals surface area (Å²) in [5.74, 6) is 0.355. The van der Waals surface area contributed by atoms with E-state index in [0.717, 1.165) is 68.3 Å². The molecular formula is C31H38FNO2. The Labute approximate surface area is 208 Å². The lowest BCUT2D eigenvalue weighted by Crippen LogP contribution is -2.32. The van der Waals surface area contributed by atoms with Gasteiger partial charge in [0.05, 0.1) is 12.4 Å². The minimum atomic E-state index is -0.284. The van der Waals surface area contributed by atoms with Crippen molar-refractivity contribution in [2.24, 2.45) is 5.92 Å². The average molecular weight is 476 g/mol. The first-order chi connectivity index (χ1) is 17.2. The van der Waals surface area contributed by atoms with Crippen LogP contribution in [-0.2, 0) is 0 Å². The molecule has 0 radical (unpaired) electrons. The van der Waals surface area contributed by atoms with Crippen LogP contribution in [0.3, 0.4) is 0 Å². The summed E-state index contributed by atoms with van der Waals surface area (Å²) in [4.78, 5) is 2.49. The summed E-state index contributed by atoms with van der Waals surface area (Å²) in [6.45, 7) is 2.80. The van der Waals surface area contributed by atoms with E-state index in [1.807, 2.05) is 6.07 Å². The highest BCUT2D eigenvalue weighted by atomic mass is 19.1. The average Bonchev–Trinajstić information content (AvgIpc) is 3.06. The zero-order valence-corrected chi connectivity index (χ0v) is 20.7. The van der Waals surface area contributed by atoms with Crippen LogP contribution in [0.25, 0.3) is 16.5 Å². The first-order valence-corrected chi connectivity index (χ1v) is 13.5. The summed E-state index contributed by atoms with van der Waals surface area (Å²) in [6, 6.07) is 15.6. The van der Waals surface area contributed by atoms with Crippen LogP contribution in [-0.4, -0.2) is 35.7 Å². The molecule has 2 unspecified atom stereocenters. The number of benzene rings is 2. The van der Waals surface area contributed by atoms with Gasteiger partial charge in [0.25, 0.3) is 0 Å². The lowest BCUT2D eigenvalue weighted by Gasteiger charge is -2.31. The Morgan fingerprint density at radius 3 is 2.60 bits per heavy atom. The molecule has 1 saturated carbocycles. The first-order valence-electron chi connectivity index (χ1n) is 13.5. The molecule has 3 nitrogen and oxygen atoms in total. The van der Waals surface area contributed by atoms with Crippen LogP contribution < -0.4 is 0 Å². The molecule has 2 atom stereocenters. The van der Waals surface area contributed by atoms with Crippen molar-refractivity contribution in [2.75, 3.05) is 19.6 Å². The number of allylic oxidation sites excluding steroid dienone is 1. The number of fused-ring (bicyclic) bond motifs is 1. The third kappa shape index (κ3) is 5.87. The Morgan fingerprint density at radius 1 is 1.00 bits per heavy atom. The smallest absolute Gasteiger partial charge is 0.141 e. The molecule has 1 aliphatic heterocycles. The molecular weight excluding hydrogens is 437 g/mol. The van der Waals surface area contributed by atoms with E-state index in [9.17, 15) is 9.50 Å². The summed E-state index contributed by atoms with van der Waals surface area (Å²) < 4.78 is 19.9. The van der Waals surface area contributed by atoms with Gasteiger partial charge in [-0.2, -0.15) is 0 Å². The molecule has 1 fully saturated rings. The number of hydrogen-bond donors (Lipinski definition) is 1. The molecule has 186 valence electrons. The standard InChI is InChI=1S/C31H38FNO2/c32-27-21-26-16-20-35-31(26)29(22-27)24-13-8-17-33(18-14-24)19-15-28(23-9-6-3-7-10-23)30(34)25-11-4-1-2-5-12-25/h3,6-7,9-10,14,16,20-22,25,28,30,34H,1-2,4-5,8,11-13,15,17-19H2. The summed E-state index contributed by atoms with van der Waals surface area (Å²) in [5, 5.41) is 12.3. The van der Waals surface area contributed by atoms with E-state index in [-0.39, 0.29) is 17.8 Å². The molecule has 2 aliphatic rings. The van der Waals surface area contributed by atoms with Crippen LogP contribution in [0.15, 0.2) is 65.3 Å². The number of aliphatic hydroxyl groups is 1. The third-order valence-electron chi connectivity index (χ3n) is 8.16. The molecule has 2 heterocycles. The predicted molar refractivity (Wildman–Crippen MR) is 141 cm³/mol. The van der Waals surface area contributed by atoms with Gasteiger partial charge in [-0.25, -0.2) is 4.39 Å². The van der Waals surface area contributed by atoms with Gasteiger partial charge in [0.2, 0.25) is 0 Å². The predicted octanol–water partition coefficient (Wildman–Crippen LogP) is 7.56. The fraction of sp³-hybridized carbons (Fsp3) is 0.484. The SMILES string of the molecule is OC(C1CCCCCC1)C(CCN1CC=C(c2cc(F)cc3ccoc23)CCC1)c1ccccc1. The zero-order chi connectivity index (χ0) is 24.0. The summed E-state index contributed by atoms with van der Waals surface area (Å²) in [7, 11) is 0. The summed E-state index contributed by atoms with van der Waals surface area (Å²) in [6.07, 6.45) is 13.9. The molecule has 0 bridgehead atoms. The highest BCUT2D eigenvalue weighted by Crippen LogP contribution is 2.35. The van der Waals surface area contributed by atoms with Gasteiger partial charge >= 0.3 is 0 Å². The van der Waals surface area contributed by atoms with E-state index >= 15 is 0 Å². The van der Waals surface area contributed by atoms with Gasteiger partial charge in [-0.3, -0.25) is 4.90 Å². The van der Waals surface area contributed by atoms with E-state index in [0.29, 0.717) is 5.92 Å². The van der Waals surface area contributed by atoms with Crippen LogP contribution in [0, 0.1) is 11.7 Å². The van der Waals surface area contributed by atoms with Gasteiger partial charge in [0, 0.05) is 23.4 Å². The Balaban J connectivity index is 1.29. The molecule has 0 spiro atoms. The number of nitrogens with zero attached hydrogens (tertiary/aromatic N) is 1. The Hall–Kier alpha value is -2.43. The monoisotopic (exact) mass is 475 g/mol. The summed E-state index contributed by atoms with van der Waals surface area (Å²) in [5.41, 5.74) is 4.10. The number of rotatable bonds is 7. The van der Waals surface area contributed by atoms with E-state index in [2.05, 4.69) is 41.3 Å². The topological polar surface area (TPSA) is 36.6 Å². The molecule has 1 aliphatic carbocycles. The normalized spacial score (nSPS) is 20.2. The van der Waals surface area contributed by atoms with Crippen molar-refractivity contribution in [1.82, 2.24) is 4.90 Å². The van der Waals surface area contributed by atoms with Crippen molar-refractivity contribution >= 4 is 16.5 Å². The van der Waals surface area contributed by atoms with Crippen molar-refractivity contribution in [3.63, 3.8) is 0 Å². The molecule has 0 amide bonds. The Kier molecular flexibility index (Phi) is 8.00. The van der Waals surface area contributed by atoms with Crippen molar-refractivity contribution in [2.45, 2.75) is 69.8 Å². The second-order valence-corrected chi connectivity index (χ2v) is 10.5. The number of aliphatic hydroxyl groups excluding tert-OH is 1. The Morgan fingerprint density at radius 2 is 1.80 bits per heavy atom. The molecule has 0 saturated heterocycles. The van der Waals surface area contributed by atoms with Gasteiger partial charge in [0.1, 0.15) is 11.4 Å². The van der Waals surface area contributed by atoms with Crippen molar-refractivity contribution < 1.29 is 13.9 Å². The zero-order valence-electron chi connectivity index (χ0n) is 20.7. The number of halogens is 1. The largest absolute Gasteiger partial charge is 0.464 e. The van der Waals surface area contributed by atoms with Crippen LogP contribution in [0.4, 0.5) is 4.39 Å². The van der Waals surface area contributed by atoms with E-state index in [1.165, 1.54) is 42.9 Å². The lowest BCUT2D eigenvalue weighted by molar-refractivity contribution is 0.0651. The van der Waals surface area contributed by atoms with Gasteiger partial charge in [-0.05, 0) is 80.4 Å². The molecule has 1 N–H and O–H groups in total. The van der Waals surface area contributed by atoms with E-state index < -0.39 is 0 Å². The van der Waals surface area contributed by atoms with Gasteiger partial charge < -0.3 is 9.52 Å². The van der Waals surface area contributed by atoms with Crippen molar-refractivity contribution in [1.29, 1.82) is 0 Å². The lowest BCUT2D eigenvalue weighted by atomic mass is 9.80. The van der Waals surface area contributed by atoms with Gasteiger partial charge in [-0.15, -0.1) is 0 Å². The summed E-state index contributed by atoms with van der Waals surface area (Å²) >= 11 is 0. The Bertz CT molecular complexity index is 1110. The molecule has 1 aromatic heterocycles. The van der Waals surface area contributed by atoms with E-state index in [4.69, 9.17) is 4.42 Å².